The van der Waals surface area contributed by atoms with Crippen molar-refractivity contribution >= 4 is 13.3 Å². The third-order valence-corrected chi connectivity index (χ3v) is 3.71. The minimum atomic E-state index is -1.03. The van der Waals surface area contributed by atoms with Gasteiger partial charge >= 0.3 is 33.9 Å². The summed E-state index contributed by atoms with van der Waals surface area (Å²) in [7, 11) is -1.03. The van der Waals surface area contributed by atoms with E-state index < -0.39 is 8.07 Å². The number of hydrogen-bond acceptors (Lipinski definition) is 0. The smallest absolute Gasteiger partial charge is 0 e. The molecule has 0 radical (unpaired) electrons. The van der Waals surface area contributed by atoms with Crippen molar-refractivity contribution < 1.29 is 31.3 Å². The maximum Gasteiger partial charge on any atom is 0 e. The van der Waals surface area contributed by atoms with Crippen LogP contribution in [0.1, 0.15) is 0 Å². The van der Waals surface area contributed by atoms with Crippen LogP contribution < -0.4 is 5.19 Å². The molecule has 3 nitrogen and oxygen atoms in total. The molecule has 1 aromatic rings. The Morgan fingerprint density at radius 2 is 1.06 bits per heavy atom. The summed E-state index contributed by atoms with van der Waals surface area (Å²) in [5.41, 5.74) is 0. The quantitative estimate of drug-likeness (QED) is 0.431. The molecule has 0 amide bonds. The fourth-order valence-corrected chi connectivity index (χ4v) is 2.13. The molecule has 0 N–H and O–H groups in total. The van der Waals surface area contributed by atoms with Crippen molar-refractivity contribution in [2.75, 3.05) is 0 Å². The van der Waals surface area contributed by atoms with E-state index in [4.69, 9.17) is 14.0 Å². The van der Waals surface area contributed by atoms with Gasteiger partial charge < -0.3 is 0 Å². The molecular weight excluding hydrogens is 272 g/mol. The van der Waals surface area contributed by atoms with Crippen LogP contribution in [0.3, 0.4) is 0 Å². The molecule has 1 aromatic carbocycles. The van der Waals surface area contributed by atoms with Gasteiger partial charge in [0.25, 0.3) is 0 Å². The molecule has 0 bridgehead atoms. The maximum absolute atomic E-state index is 7.50. The van der Waals surface area contributed by atoms with Gasteiger partial charge in [0.15, 0.2) is 0 Å². The molecule has 0 atom stereocenters. The van der Waals surface area contributed by atoms with E-state index in [1.54, 1.807) is 0 Å². The summed E-state index contributed by atoms with van der Waals surface area (Å²) in [4.78, 5) is 0. The number of hydrogen-bond donors (Lipinski definition) is 0. The summed E-state index contributed by atoms with van der Waals surface area (Å²) in [5.74, 6) is 0. The summed E-state index contributed by atoms with van der Waals surface area (Å²) in [6, 6.07) is 10.8. The van der Waals surface area contributed by atoms with Gasteiger partial charge in [-0.3, -0.25) is 0 Å². The van der Waals surface area contributed by atoms with Crippen LogP contribution in [0.2, 0.25) is 19.6 Å². The van der Waals surface area contributed by atoms with Crippen LogP contribution in [0.5, 0.6) is 0 Å². The Kier molecular flexibility index (Phi) is 26.0. The number of rotatable bonds is 1. The van der Waals surface area contributed by atoms with Crippen LogP contribution in [0.15, 0.2) is 30.3 Å². The topological polar surface area (TPSA) is 59.7 Å². The Balaban J connectivity index is -0.000000106. The zero-order valence-electron chi connectivity index (χ0n) is 10.0. The molecule has 17 heavy (non-hydrogen) atoms. The predicted molar refractivity (Wildman–Crippen MR) is 61.2 cm³/mol. The molecule has 1 rings (SSSR count). The molecule has 0 aromatic heterocycles. The molecule has 0 spiro atoms. The van der Waals surface area contributed by atoms with E-state index in [-0.39, 0.29) is 17.4 Å². The first-order valence-electron chi connectivity index (χ1n) is 4.27. The minimum Gasteiger partial charge on any atom is 0 e. The van der Waals surface area contributed by atoms with Crippen LogP contribution in [0, 0.1) is 20.0 Å². The molecule has 0 unspecified atom stereocenters. The number of benzene rings is 1. The fourth-order valence-electron chi connectivity index (χ4n) is 0.938. The van der Waals surface area contributed by atoms with Gasteiger partial charge in [-0.2, -0.15) is 0 Å². The van der Waals surface area contributed by atoms with Crippen molar-refractivity contribution in [2.24, 2.45) is 0 Å². The second-order valence-electron chi connectivity index (χ2n) is 3.62. The summed E-state index contributed by atoms with van der Waals surface area (Å²) in [6.45, 7) is 20.6. The van der Waals surface area contributed by atoms with Gasteiger partial charge in [0, 0.05) is 17.4 Å². The van der Waals surface area contributed by atoms with Crippen molar-refractivity contribution in [2.45, 2.75) is 19.6 Å². The minimum absolute atomic E-state index is 0. The van der Waals surface area contributed by atoms with Gasteiger partial charge in [0.1, 0.15) is 0 Å². The van der Waals surface area contributed by atoms with Crippen molar-refractivity contribution in [3.8, 4) is 0 Å². The van der Waals surface area contributed by atoms with E-state index in [2.05, 4.69) is 69.9 Å². The van der Waals surface area contributed by atoms with Gasteiger partial charge in [-0.05, 0) is 0 Å². The molecule has 0 aliphatic carbocycles. The van der Waals surface area contributed by atoms with E-state index >= 15 is 0 Å². The van der Waals surface area contributed by atoms with E-state index in [1.165, 1.54) is 5.19 Å². The average molecular weight is 286 g/mol. The molecule has 0 fully saturated rings. The first-order valence-corrected chi connectivity index (χ1v) is 7.77. The van der Waals surface area contributed by atoms with Gasteiger partial charge in [-0.15, -0.1) is 0 Å². The Labute approximate surface area is 115 Å². The first-order chi connectivity index (χ1) is 7.61. The largest absolute Gasteiger partial charge is 0 e. The van der Waals surface area contributed by atoms with Gasteiger partial charge in [-0.25, -0.2) is 0 Å². The summed E-state index contributed by atoms with van der Waals surface area (Å²) in [6.07, 6.45) is 0. The summed E-state index contributed by atoms with van der Waals surface area (Å²) < 4.78 is 22.5. The van der Waals surface area contributed by atoms with E-state index in [9.17, 15) is 0 Å². The monoisotopic (exact) mass is 286 g/mol. The Bertz CT molecular complexity index is 298. The van der Waals surface area contributed by atoms with Crippen molar-refractivity contribution in [1.82, 2.24) is 0 Å². The summed E-state index contributed by atoms with van der Waals surface area (Å²) >= 11 is 0. The molecule has 5 heteroatoms. The standard InChI is InChI=1S/C9H14Si.3CO.Cr/c1-10(2,3)9-7-5-4-6-8-9;3*1-2;/h4-8H,1-3H3;;;;. The Morgan fingerprint density at radius 3 is 1.24 bits per heavy atom. The predicted octanol–water partition coefficient (Wildman–Crippen LogP) is 2.12. The molecule has 0 saturated heterocycles. The average Bonchev–Trinajstić information content (AvgIpc) is 2.37. The Morgan fingerprint density at radius 1 is 0.765 bits per heavy atom. The Hall–Kier alpha value is -0.811. The molecule has 0 aliphatic heterocycles. The summed E-state index contributed by atoms with van der Waals surface area (Å²) in [5, 5.41) is 1.54. The SMILES string of the molecule is C[Si](C)(C)c1ccccc1.[C-]#[O+].[C-]#[O+].[C-]#[O+].[Cr]. The van der Waals surface area contributed by atoms with Gasteiger partial charge in [-0.1, -0.05) is 55.2 Å². The zero-order chi connectivity index (χ0) is 13.6. The molecule has 0 heterocycles. The van der Waals surface area contributed by atoms with E-state index in [0.717, 1.165) is 0 Å². The van der Waals surface area contributed by atoms with Crippen molar-refractivity contribution in [1.29, 1.82) is 0 Å². The zero-order valence-corrected chi connectivity index (χ0v) is 12.3. The van der Waals surface area contributed by atoms with E-state index in [1.807, 2.05) is 0 Å². The van der Waals surface area contributed by atoms with Crippen molar-refractivity contribution in [3.63, 3.8) is 0 Å². The van der Waals surface area contributed by atoms with Gasteiger partial charge in [0.2, 0.25) is 0 Å². The van der Waals surface area contributed by atoms with Crippen LogP contribution in [0.25, 0.3) is 0 Å². The third kappa shape index (κ3) is 15.2. The molecule has 0 aliphatic rings. The second-order valence-corrected chi connectivity index (χ2v) is 8.69. The third-order valence-electron chi connectivity index (χ3n) is 1.64. The molecule has 90 valence electrons. The molecule has 0 saturated carbocycles. The van der Waals surface area contributed by atoms with E-state index in [0.29, 0.717) is 0 Å². The fraction of sp³-hybridized carbons (Fsp3) is 0.250. The van der Waals surface area contributed by atoms with Crippen LogP contribution in [-0.4, -0.2) is 8.07 Å². The molecular formula is C12H14CrO3Si. The first kappa shape index (κ1) is 25.1. The van der Waals surface area contributed by atoms with Crippen molar-refractivity contribution in [3.05, 3.63) is 50.3 Å². The van der Waals surface area contributed by atoms with Gasteiger partial charge in [0.05, 0.1) is 8.07 Å². The van der Waals surface area contributed by atoms with Crippen LogP contribution >= 0.6 is 0 Å². The van der Waals surface area contributed by atoms with Crippen LogP contribution in [0.4, 0.5) is 0 Å². The normalized spacial score (nSPS) is 7.12. The maximum atomic E-state index is 7.50. The van der Waals surface area contributed by atoms with Crippen LogP contribution in [-0.2, 0) is 31.3 Å². The second kappa shape index (κ2) is 17.6.